The number of ether oxygens (including phenoxy) is 1. The van der Waals surface area contributed by atoms with Gasteiger partial charge in [0.15, 0.2) is 0 Å². The van der Waals surface area contributed by atoms with Crippen LogP contribution in [0.5, 0.6) is 10.8 Å². The van der Waals surface area contributed by atoms with Crippen LogP contribution in [0.1, 0.15) is 18.9 Å². The van der Waals surface area contributed by atoms with E-state index < -0.39 is 0 Å². The van der Waals surface area contributed by atoms with Crippen molar-refractivity contribution in [2.75, 3.05) is 5.32 Å². The summed E-state index contributed by atoms with van der Waals surface area (Å²) in [6, 6.07) is 10.2. The van der Waals surface area contributed by atoms with Crippen LogP contribution in [0.4, 0.5) is 5.69 Å². The van der Waals surface area contributed by atoms with Crippen molar-refractivity contribution >= 4 is 22.7 Å². The SMILES string of the molecule is CC/C=C1/Nc2ccsc2Oc2ccccc21. The fourth-order valence-electron chi connectivity index (χ4n) is 1.92. The molecule has 86 valence electrons. The van der Waals surface area contributed by atoms with Crippen LogP contribution in [0.2, 0.25) is 0 Å². The fourth-order valence-corrected chi connectivity index (χ4v) is 2.63. The molecular weight excluding hydrogens is 230 g/mol. The normalized spacial score (nSPS) is 15.5. The molecule has 2 heterocycles. The lowest BCUT2D eigenvalue weighted by Gasteiger charge is -2.08. The van der Waals surface area contributed by atoms with Gasteiger partial charge in [-0.2, -0.15) is 0 Å². The summed E-state index contributed by atoms with van der Waals surface area (Å²) in [5.41, 5.74) is 3.30. The molecule has 0 fully saturated rings. The van der Waals surface area contributed by atoms with Crippen LogP contribution in [0, 0.1) is 0 Å². The van der Waals surface area contributed by atoms with Crippen molar-refractivity contribution in [1.29, 1.82) is 0 Å². The average Bonchev–Trinajstić information content (AvgIpc) is 2.71. The highest BCUT2D eigenvalue weighted by Crippen LogP contribution is 2.42. The van der Waals surface area contributed by atoms with E-state index in [9.17, 15) is 0 Å². The zero-order chi connectivity index (χ0) is 11.7. The molecule has 0 aliphatic carbocycles. The molecule has 0 spiro atoms. The third-order valence-corrected chi connectivity index (χ3v) is 3.48. The van der Waals surface area contributed by atoms with Gasteiger partial charge in [-0.15, -0.1) is 11.3 Å². The zero-order valence-electron chi connectivity index (χ0n) is 9.57. The Balaban J connectivity index is 2.17. The summed E-state index contributed by atoms with van der Waals surface area (Å²) >= 11 is 1.61. The Hall–Kier alpha value is -1.74. The average molecular weight is 243 g/mol. The number of rotatable bonds is 1. The predicted octanol–water partition coefficient (Wildman–Crippen LogP) is 4.72. The van der Waals surface area contributed by atoms with Crippen LogP contribution < -0.4 is 10.1 Å². The van der Waals surface area contributed by atoms with Crippen LogP contribution in [-0.2, 0) is 0 Å². The first-order chi connectivity index (χ1) is 8.38. The lowest BCUT2D eigenvalue weighted by Crippen LogP contribution is -1.96. The van der Waals surface area contributed by atoms with E-state index in [1.807, 2.05) is 23.6 Å². The highest BCUT2D eigenvalue weighted by molar-refractivity contribution is 7.12. The molecule has 0 atom stereocenters. The molecule has 3 heteroatoms. The number of hydrogen-bond acceptors (Lipinski definition) is 3. The highest BCUT2D eigenvalue weighted by Gasteiger charge is 2.17. The number of thiophene rings is 1. The highest BCUT2D eigenvalue weighted by atomic mass is 32.1. The molecular formula is C14H13NOS. The standard InChI is InChI=1S/C14H13NOS/c1-2-5-11-10-6-3-4-7-13(10)16-14-12(15-11)8-9-17-14/h3-9,15H,2H2,1H3/b11-5+. The third-order valence-electron chi connectivity index (χ3n) is 2.69. The summed E-state index contributed by atoms with van der Waals surface area (Å²) in [7, 11) is 0. The van der Waals surface area contributed by atoms with Gasteiger partial charge in [0.05, 0.1) is 5.69 Å². The summed E-state index contributed by atoms with van der Waals surface area (Å²) in [4.78, 5) is 0. The largest absolute Gasteiger partial charge is 0.444 e. The first-order valence-electron chi connectivity index (χ1n) is 5.70. The number of anilines is 1. The van der Waals surface area contributed by atoms with E-state index in [1.165, 1.54) is 0 Å². The van der Waals surface area contributed by atoms with Gasteiger partial charge in [0.25, 0.3) is 0 Å². The molecule has 1 aliphatic rings. The van der Waals surface area contributed by atoms with Gasteiger partial charge in [-0.3, -0.25) is 0 Å². The number of fused-ring (bicyclic) bond motifs is 2. The fraction of sp³-hybridized carbons (Fsp3) is 0.143. The smallest absolute Gasteiger partial charge is 0.204 e. The second kappa shape index (κ2) is 4.26. The van der Waals surface area contributed by atoms with E-state index in [4.69, 9.17) is 4.74 Å². The molecule has 0 bridgehead atoms. The molecule has 1 aromatic carbocycles. The van der Waals surface area contributed by atoms with Gasteiger partial charge >= 0.3 is 0 Å². The Morgan fingerprint density at radius 1 is 1.29 bits per heavy atom. The molecule has 0 radical (unpaired) electrons. The van der Waals surface area contributed by atoms with Gasteiger partial charge in [-0.25, -0.2) is 0 Å². The topological polar surface area (TPSA) is 21.3 Å². The summed E-state index contributed by atoms with van der Waals surface area (Å²) in [6.07, 6.45) is 3.19. The third kappa shape index (κ3) is 1.83. The van der Waals surface area contributed by atoms with Gasteiger partial charge in [0, 0.05) is 11.3 Å². The maximum absolute atomic E-state index is 5.93. The van der Waals surface area contributed by atoms with Crippen molar-refractivity contribution in [1.82, 2.24) is 0 Å². The van der Waals surface area contributed by atoms with Crippen LogP contribution in [-0.4, -0.2) is 0 Å². The van der Waals surface area contributed by atoms with E-state index >= 15 is 0 Å². The molecule has 2 nitrogen and oxygen atoms in total. The van der Waals surface area contributed by atoms with E-state index in [-0.39, 0.29) is 0 Å². The monoisotopic (exact) mass is 243 g/mol. The Morgan fingerprint density at radius 2 is 2.18 bits per heavy atom. The molecule has 1 N–H and O–H groups in total. The minimum absolute atomic E-state index is 0.918. The van der Waals surface area contributed by atoms with Gasteiger partial charge in [-0.05, 0) is 30.0 Å². The van der Waals surface area contributed by atoms with Gasteiger partial charge in [0.2, 0.25) is 5.06 Å². The van der Waals surface area contributed by atoms with Crippen LogP contribution in [0.3, 0.4) is 0 Å². The molecule has 1 aromatic heterocycles. The van der Waals surface area contributed by atoms with Crippen LogP contribution in [0.15, 0.2) is 41.8 Å². The number of allylic oxidation sites excluding steroid dienone is 1. The summed E-state index contributed by atoms with van der Waals surface area (Å²) in [5.74, 6) is 0.918. The first kappa shape index (κ1) is 10.4. The van der Waals surface area contributed by atoms with Crippen LogP contribution in [0.25, 0.3) is 5.70 Å². The lowest BCUT2D eigenvalue weighted by atomic mass is 10.1. The summed E-state index contributed by atoms with van der Waals surface area (Å²) in [6.45, 7) is 2.14. The Morgan fingerprint density at radius 3 is 3.06 bits per heavy atom. The molecule has 2 aromatic rings. The molecule has 0 amide bonds. The summed E-state index contributed by atoms with van der Waals surface area (Å²) in [5, 5.41) is 6.41. The number of benzene rings is 1. The predicted molar refractivity (Wildman–Crippen MR) is 72.7 cm³/mol. The van der Waals surface area contributed by atoms with Crippen molar-refractivity contribution in [3.63, 3.8) is 0 Å². The van der Waals surface area contributed by atoms with Gasteiger partial charge in [0.1, 0.15) is 5.75 Å². The lowest BCUT2D eigenvalue weighted by molar-refractivity contribution is 0.499. The van der Waals surface area contributed by atoms with Gasteiger partial charge in [-0.1, -0.05) is 25.1 Å². The number of para-hydroxylation sites is 1. The Labute approximate surface area is 105 Å². The van der Waals surface area contributed by atoms with Gasteiger partial charge < -0.3 is 10.1 Å². The maximum Gasteiger partial charge on any atom is 0.204 e. The van der Waals surface area contributed by atoms with Crippen molar-refractivity contribution in [3.05, 3.63) is 47.4 Å². The number of hydrogen-bond donors (Lipinski definition) is 1. The van der Waals surface area contributed by atoms with Crippen LogP contribution >= 0.6 is 11.3 Å². The molecule has 17 heavy (non-hydrogen) atoms. The molecule has 0 saturated carbocycles. The van der Waals surface area contributed by atoms with E-state index in [1.54, 1.807) is 11.3 Å². The molecule has 1 aliphatic heterocycles. The maximum atomic E-state index is 5.93. The van der Waals surface area contributed by atoms with E-state index in [0.29, 0.717) is 0 Å². The van der Waals surface area contributed by atoms with E-state index in [2.05, 4.69) is 30.4 Å². The Bertz CT molecular complexity index is 571. The second-order valence-electron chi connectivity index (χ2n) is 3.87. The minimum atomic E-state index is 0.918. The van der Waals surface area contributed by atoms with Crippen molar-refractivity contribution in [2.24, 2.45) is 0 Å². The summed E-state index contributed by atoms with van der Waals surface area (Å²) < 4.78 is 5.93. The number of nitrogens with one attached hydrogen (secondary N) is 1. The molecule has 3 rings (SSSR count). The minimum Gasteiger partial charge on any atom is -0.444 e. The van der Waals surface area contributed by atoms with Crippen molar-refractivity contribution in [2.45, 2.75) is 13.3 Å². The second-order valence-corrected chi connectivity index (χ2v) is 4.75. The molecule has 0 saturated heterocycles. The first-order valence-corrected chi connectivity index (χ1v) is 6.58. The van der Waals surface area contributed by atoms with Crippen molar-refractivity contribution < 1.29 is 4.74 Å². The quantitative estimate of drug-likeness (QED) is 0.782. The Kier molecular flexibility index (Phi) is 2.61. The van der Waals surface area contributed by atoms with E-state index in [0.717, 1.165) is 34.2 Å². The molecule has 0 unspecified atom stereocenters. The van der Waals surface area contributed by atoms with Crippen molar-refractivity contribution in [3.8, 4) is 10.8 Å². The zero-order valence-corrected chi connectivity index (χ0v) is 10.4.